The van der Waals surface area contributed by atoms with Gasteiger partial charge in [0, 0.05) is 10.0 Å². The lowest BCUT2D eigenvalue weighted by molar-refractivity contribution is 0.442. The molecule has 0 spiro atoms. The Morgan fingerprint density at radius 3 is 2.67 bits per heavy atom. The molecule has 5 heteroatoms. The van der Waals surface area contributed by atoms with E-state index in [1.807, 2.05) is 0 Å². The van der Waals surface area contributed by atoms with E-state index in [-0.39, 0.29) is 5.82 Å². The van der Waals surface area contributed by atoms with Gasteiger partial charge in [-0.3, -0.25) is 4.99 Å². The molecule has 0 atom stereocenters. The Labute approximate surface area is 115 Å². The second kappa shape index (κ2) is 6.29. The number of benzene rings is 1. The molecular weight excluding hydrogens is 297 g/mol. The van der Waals surface area contributed by atoms with Gasteiger partial charge in [0.15, 0.2) is 0 Å². The number of hydrogen-bond donors (Lipinski definition) is 2. The molecule has 1 aliphatic carbocycles. The number of rotatable bonds is 2. The van der Waals surface area contributed by atoms with Crippen molar-refractivity contribution in [2.24, 2.45) is 10.8 Å². The van der Waals surface area contributed by atoms with E-state index in [0.717, 1.165) is 18.4 Å². The summed E-state index contributed by atoms with van der Waals surface area (Å²) < 4.78 is 13.7. The van der Waals surface area contributed by atoms with Crippen molar-refractivity contribution < 1.29 is 4.39 Å². The van der Waals surface area contributed by atoms with Crippen LogP contribution in [0.4, 0.5) is 4.39 Å². The van der Waals surface area contributed by atoms with Crippen molar-refractivity contribution >= 4 is 21.8 Å². The summed E-state index contributed by atoms with van der Waals surface area (Å²) in [5.41, 5.74) is 3.42. The number of nitrogens with one attached hydrogen (secondary N) is 1. The largest absolute Gasteiger partial charge is 0.308 e. The first kappa shape index (κ1) is 13.5. The van der Waals surface area contributed by atoms with Crippen LogP contribution in [0.2, 0.25) is 0 Å². The predicted octanol–water partition coefficient (Wildman–Crippen LogP) is 3.13. The highest BCUT2D eigenvalue weighted by atomic mass is 79.9. The molecular formula is C13H17BrFN3. The van der Waals surface area contributed by atoms with Crippen LogP contribution in [0.3, 0.4) is 0 Å². The second-order valence-electron chi connectivity index (χ2n) is 4.54. The van der Waals surface area contributed by atoms with Crippen molar-refractivity contribution in [3.05, 3.63) is 34.1 Å². The molecule has 1 aliphatic rings. The lowest BCUT2D eigenvalue weighted by Gasteiger charge is -2.19. The number of aliphatic imine (C=N–C) groups is 1. The topological polar surface area (TPSA) is 50.4 Å². The van der Waals surface area contributed by atoms with Gasteiger partial charge in [0.1, 0.15) is 11.7 Å². The van der Waals surface area contributed by atoms with Crippen LogP contribution in [-0.4, -0.2) is 11.9 Å². The number of nitrogens with zero attached hydrogens (tertiary/aromatic N) is 1. The number of halogens is 2. The van der Waals surface area contributed by atoms with Crippen molar-refractivity contribution in [3.8, 4) is 0 Å². The molecule has 0 aliphatic heterocycles. The van der Waals surface area contributed by atoms with Crippen LogP contribution in [0.15, 0.2) is 27.7 Å². The highest BCUT2D eigenvalue weighted by Gasteiger charge is 2.15. The third kappa shape index (κ3) is 3.29. The first-order chi connectivity index (χ1) is 8.70. The third-order valence-corrected chi connectivity index (χ3v) is 3.87. The summed E-state index contributed by atoms with van der Waals surface area (Å²) in [6, 6.07) is 4.83. The van der Waals surface area contributed by atoms with Gasteiger partial charge in [0.05, 0.1) is 6.04 Å². The summed E-state index contributed by atoms with van der Waals surface area (Å²) >= 11 is 3.34. The maximum Gasteiger partial charge on any atom is 0.143 e. The van der Waals surface area contributed by atoms with Gasteiger partial charge in [-0.25, -0.2) is 10.2 Å². The Hall–Kier alpha value is -0.940. The smallest absolute Gasteiger partial charge is 0.143 e. The van der Waals surface area contributed by atoms with Crippen molar-refractivity contribution in [2.75, 3.05) is 0 Å². The van der Waals surface area contributed by atoms with Gasteiger partial charge in [0.25, 0.3) is 0 Å². The number of hydrogen-bond acceptors (Lipinski definition) is 2. The molecule has 0 saturated heterocycles. The fraction of sp³-hybridized carbons (Fsp3) is 0.462. The zero-order valence-corrected chi connectivity index (χ0v) is 11.7. The van der Waals surface area contributed by atoms with E-state index in [1.54, 1.807) is 6.07 Å². The molecule has 0 unspecified atom stereocenters. The van der Waals surface area contributed by atoms with Crippen molar-refractivity contribution in [2.45, 2.75) is 38.1 Å². The summed E-state index contributed by atoms with van der Waals surface area (Å²) in [5, 5.41) is 0. The van der Waals surface area contributed by atoms with Crippen molar-refractivity contribution in [1.82, 2.24) is 5.43 Å². The van der Waals surface area contributed by atoms with Gasteiger partial charge < -0.3 is 5.43 Å². The van der Waals surface area contributed by atoms with Gasteiger partial charge in [0.2, 0.25) is 0 Å². The molecule has 0 bridgehead atoms. The van der Waals surface area contributed by atoms with E-state index in [1.165, 1.54) is 31.4 Å². The number of nitrogens with two attached hydrogens (primary N) is 1. The Morgan fingerprint density at radius 2 is 2.06 bits per heavy atom. The molecule has 1 aromatic carbocycles. The fourth-order valence-corrected chi connectivity index (χ4v) is 2.80. The van der Waals surface area contributed by atoms with E-state index >= 15 is 0 Å². The lowest BCUT2D eigenvalue weighted by Crippen LogP contribution is -2.33. The van der Waals surface area contributed by atoms with Gasteiger partial charge in [-0.1, -0.05) is 19.3 Å². The summed E-state index contributed by atoms with van der Waals surface area (Å²) in [6.45, 7) is 0. The highest BCUT2D eigenvalue weighted by molar-refractivity contribution is 9.10. The average Bonchev–Trinajstić information content (AvgIpc) is 2.38. The monoisotopic (exact) mass is 313 g/mol. The SMILES string of the molecule is NNC(=NC1CCCCC1)c1ccc(F)cc1Br. The summed E-state index contributed by atoms with van der Waals surface area (Å²) in [6.07, 6.45) is 5.93. The van der Waals surface area contributed by atoms with E-state index < -0.39 is 0 Å². The van der Waals surface area contributed by atoms with Gasteiger partial charge in [-0.2, -0.15) is 0 Å². The van der Waals surface area contributed by atoms with Crippen LogP contribution in [0, 0.1) is 5.82 Å². The highest BCUT2D eigenvalue weighted by Crippen LogP contribution is 2.23. The quantitative estimate of drug-likeness (QED) is 0.381. The first-order valence-corrected chi connectivity index (χ1v) is 7.00. The minimum atomic E-state index is -0.278. The zero-order chi connectivity index (χ0) is 13.0. The standard InChI is InChI=1S/C13H17BrFN3/c14-12-8-9(15)6-7-11(12)13(18-16)17-10-4-2-1-3-5-10/h6-8,10H,1-5,16H2,(H,17,18). The maximum atomic E-state index is 13.1. The van der Waals surface area contributed by atoms with Crippen LogP contribution in [0.25, 0.3) is 0 Å². The summed E-state index contributed by atoms with van der Waals surface area (Å²) in [4.78, 5) is 4.64. The van der Waals surface area contributed by atoms with Crippen molar-refractivity contribution in [1.29, 1.82) is 0 Å². The first-order valence-electron chi connectivity index (χ1n) is 6.20. The van der Waals surface area contributed by atoms with E-state index in [9.17, 15) is 4.39 Å². The molecule has 0 heterocycles. The summed E-state index contributed by atoms with van der Waals surface area (Å²) in [7, 11) is 0. The molecule has 1 saturated carbocycles. The van der Waals surface area contributed by atoms with Crippen LogP contribution in [0.5, 0.6) is 0 Å². The molecule has 3 nitrogen and oxygen atoms in total. The molecule has 98 valence electrons. The zero-order valence-electron chi connectivity index (χ0n) is 10.1. The summed E-state index contributed by atoms with van der Waals surface area (Å²) in [5.74, 6) is 5.87. The molecule has 18 heavy (non-hydrogen) atoms. The van der Waals surface area contributed by atoms with Crippen LogP contribution >= 0.6 is 15.9 Å². The maximum absolute atomic E-state index is 13.1. The Bertz CT molecular complexity index is 442. The Kier molecular flexibility index (Phi) is 4.72. The number of hydrazine groups is 1. The Balaban J connectivity index is 2.23. The van der Waals surface area contributed by atoms with E-state index in [2.05, 4.69) is 26.3 Å². The molecule has 3 N–H and O–H groups in total. The van der Waals surface area contributed by atoms with Gasteiger partial charge >= 0.3 is 0 Å². The number of amidine groups is 1. The van der Waals surface area contributed by atoms with Gasteiger partial charge in [-0.05, 0) is 47.0 Å². The van der Waals surface area contributed by atoms with Crippen molar-refractivity contribution in [3.63, 3.8) is 0 Å². The molecule has 1 fully saturated rings. The molecule has 2 rings (SSSR count). The van der Waals surface area contributed by atoms with Crippen LogP contribution in [-0.2, 0) is 0 Å². The molecule has 1 aromatic rings. The second-order valence-corrected chi connectivity index (χ2v) is 5.39. The normalized spacial score (nSPS) is 17.8. The van der Waals surface area contributed by atoms with E-state index in [0.29, 0.717) is 16.4 Å². The minimum absolute atomic E-state index is 0.278. The Morgan fingerprint density at radius 1 is 1.33 bits per heavy atom. The van der Waals surface area contributed by atoms with Crippen LogP contribution < -0.4 is 11.3 Å². The predicted molar refractivity (Wildman–Crippen MR) is 74.8 cm³/mol. The minimum Gasteiger partial charge on any atom is -0.308 e. The van der Waals surface area contributed by atoms with E-state index in [4.69, 9.17) is 5.84 Å². The van der Waals surface area contributed by atoms with Gasteiger partial charge in [-0.15, -0.1) is 0 Å². The third-order valence-electron chi connectivity index (χ3n) is 3.21. The molecule has 0 amide bonds. The van der Waals surface area contributed by atoms with Crippen LogP contribution in [0.1, 0.15) is 37.7 Å². The molecule has 0 aromatic heterocycles. The molecule has 0 radical (unpaired) electrons. The fourth-order valence-electron chi connectivity index (χ4n) is 2.26. The average molecular weight is 314 g/mol. The lowest BCUT2D eigenvalue weighted by atomic mass is 9.96.